The van der Waals surface area contributed by atoms with Crippen LogP contribution in [0.3, 0.4) is 0 Å². The molecule has 0 aliphatic carbocycles. The standard InChI is InChI=1S/C18H26ClN3O3.ClH/c1-2-15(25-16-8-4-3-7-14(16)19)18(24)22-11-5-6-13(12-22)17(23)21-10-9-20;/h3-4,7-8,13,15H,2,5-6,9-12,20H2,1H3,(H,21,23);1H. The number of benzene rings is 1. The first-order valence-electron chi connectivity index (χ1n) is 8.74. The van der Waals surface area contributed by atoms with Gasteiger partial charge in [0.05, 0.1) is 10.9 Å². The van der Waals surface area contributed by atoms with E-state index in [2.05, 4.69) is 5.32 Å². The Bertz CT molecular complexity index is 601. The largest absolute Gasteiger partial charge is 0.479 e. The third kappa shape index (κ3) is 6.04. The number of carbonyl (C=O) groups excluding carboxylic acids is 2. The molecular formula is C18H27Cl2N3O3. The molecule has 0 spiro atoms. The summed E-state index contributed by atoms with van der Waals surface area (Å²) >= 11 is 6.12. The molecule has 0 aromatic heterocycles. The molecule has 2 unspecified atom stereocenters. The molecule has 1 aliphatic rings. The number of piperidine rings is 1. The SMILES string of the molecule is CCC(Oc1ccccc1Cl)C(=O)N1CCCC(C(=O)NCCN)C1.Cl. The van der Waals surface area contributed by atoms with E-state index in [0.29, 0.717) is 43.4 Å². The first-order chi connectivity index (χ1) is 12.1. The summed E-state index contributed by atoms with van der Waals surface area (Å²) in [5.74, 6) is 0.169. The van der Waals surface area contributed by atoms with Gasteiger partial charge in [-0.25, -0.2) is 0 Å². The predicted molar refractivity (Wildman–Crippen MR) is 105 cm³/mol. The number of para-hydroxylation sites is 1. The summed E-state index contributed by atoms with van der Waals surface area (Å²) in [5.41, 5.74) is 5.42. The van der Waals surface area contributed by atoms with E-state index in [1.165, 1.54) is 0 Å². The lowest BCUT2D eigenvalue weighted by molar-refractivity contribution is -0.142. The Kier molecular flexibility index (Phi) is 9.76. The second-order valence-corrected chi connectivity index (χ2v) is 6.56. The fraction of sp³-hybridized carbons (Fsp3) is 0.556. The van der Waals surface area contributed by atoms with Crippen molar-refractivity contribution in [1.82, 2.24) is 10.2 Å². The summed E-state index contributed by atoms with van der Waals surface area (Å²) < 4.78 is 5.83. The molecule has 1 saturated heterocycles. The Balaban J connectivity index is 0.00000338. The van der Waals surface area contributed by atoms with Crippen LogP contribution in [0.2, 0.25) is 5.02 Å². The zero-order chi connectivity index (χ0) is 18.2. The van der Waals surface area contributed by atoms with Crippen molar-refractivity contribution in [3.63, 3.8) is 0 Å². The van der Waals surface area contributed by atoms with Crippen molar-refractivity contribution < 1.29 is 14.3 Å². The van der Waals surface area contributed by atoms with Gasteiger partial charge in [0.2, 0.25) is 5.91 Å². The monoisotopic (exact) mass is 403 g/mol. The highest BCUT2D eigenvalue weighted by atomic mass is 35.5. The number of nitrogens with two attached hydrogens (primary N) is 1. The van der Waals surface area contributed by atoms with E-state index in [1.54, 1.807) is 17.0 Å². The number of hydrogen-bond donors (Lipinski definition) is 2. The van der Waals surface area contributed by atoms with Crippen molar-refractivity contribution in [3.05, 3.63) is 29.3 Å². The van der Waals surface area contributed by atoms with Gasteiger partial charge in [-0.15, -0.1) is 12.4 Å². The van der Waals surface area contributed by atoms with Crippen LogP contribution >= 0.6 is 24.0 Å². The molecule has 3 N–H and O–H groups in total. The smallest absolute Gasteiger partial charge is 0.263 e. The van der Waals surface area contributed by atoms with Gasteiger partial charge in [0.1, 0.15) is 5.75 Å². The van der Waals surface area contributed by atoms with Gasteiger partial charge in [-0.2, -0.15) is 0 Å². The number of nitrogens with zero attached hydrogens (tertiary/aromatic N) is 1. The van der Waals surface area contributed by atoms with Gasteiger partial charge in [-0.3, -0.25) is 9.59 Å². The summed E-state index contributed by atoms with van der Waals surface area (Å²) in [6.45, 7) is 3.81. The molecule has 0 bridgehead atoms. The molecule has 0 radical (unpaired) electrons. The molecule has 0 saturated carbocycles. The lowest BCUT2D eigenvalue weighted by atomic mass is 9.96. The van der Waals surface area contributed by atoms with E-state index < -0.39 is 6.10 Å². The fourth-order valence-electron chi connectivity index (χ4n) is 2.94. The van der Waals surface area contributed by atoms with Crippen molar-refractivity contribution in [2.75, 3.05) is 26.2 Å². The Morgan fingerprint density at radius 1 is 1.42 bits per heavy atom. The Labute approximate surface area is 165 Å². The molecular weight excluding hydrogens is 377 g/mol. The maximum Gasteiger partial charge on any atom is 0.263 e. The lowest BCUT2D eigenvalue weighted by Crippen LogP contribution is -2.50. The molecule has 1 aliphatic heterocycles. The van der Waals surface area contributed by atoms with Gasteiger partial charge < -0.3 is 20.7 Å². The lowest BCUT2D eigenvalue weighted by Gasteiger charge is -2.34. The first-order valence-corrected chi connectivity index (χ1v) is 9.12. The summed E-state index contributed by atoms with van der Waals surface area (Å²) in [6, 6.07) is 7.11. The number of hydrogen-bond acceptors (Lipinski definition) is 4. The average molecular weight is 404 g/mol. The highest BCUT2D eigenvalue weighted by molar-refractivity contribution is 6.32. The minimum absolute atomic E-state index is 0. The van der Waals surface area contributed by atoms with Crippen LogP contribution in [0.4, 0.5) is 0 Å². The first kappa shape index (κ1) is 22.5. The zero-order valence-electron chi connectivity index (χ0n) is 14.9. The van der Waals surface area contributed by atoms with Crippen molar-refractivity contribution in [3.8, 4) is 5.75 Å². The summed E-state index contributed by atoms with van der Waals surface area (Å²) in [6.07, 6.45) is 1.51. The highest BCUT2D eigenvalue weighted by Gasteiger charge is 2.32. The summed E-state index contributed by atoms with van der Waals surface area (Å²) in [5, 5.41) is 3.28. The van der Waals surface area contributed by atoms with Crippen LogP contribution in [0.25, 0.3) is 0 Å². The molecule has 1 fully saturated rings. The second kappa shape index (κ2) is 11.3. The zero-order valence-corrected chi connectivity index (χ0v) is 16.5. The molecule has 26 heavy (non-hydrogen) atoms. The molecule has 2 atom stereocenters. The van der Waals surface area contributed by atoms with Gasteiger partial charge in [0.15, 0.2) is 6.10 Å². The molecule has 8 heteroatoms. The molecule has 1 aromatic rings. The van der Waals surface area contributed by atoms with Crippen molar-refractivity contribution in [1.29, 1.82) is 0 Å². The van der Waals surface area contributed by atoms with Crippen LogP contribution < -0.4 is 15.8 Å². The molecule has 2 amide bonds. The molecule has 1 aromatic carbocycles. The minimum atomic E-state index is -0.606. The molecule has 2 rings (SSSR count). The minimum Gasteiger partial charge on any atom is -0.479 e. The third-order valence-electron chi connectivity index (χ3n) is 4.30. The number of carbonyl (C=O) groups is 2. The van der Waals surface area contributed by atoms with E-state index in [1.807, 2.05) is 19.1 Å². The van der Waals surface area contributed by atoms with Gasteiger partial charge in [-0.05, 0) is 31.4 Å². The third-order valence-corrected chi connectivity index (χ3v) is 4.61. The Morgan fingerprint density at radius 3 is 2.81 bits per heavy atom. The summed E-state index contributed by atoms with van der Waals surface area (Å²) in [7, 11) is 0. The van der Waals surface area contributed by atoms with Crippen LogP contribution in [0, 0.1) is 5.92 Å². The van der Waals surface area contributed by atoms with E-state index >= 15 is 0 Å². The summed E-state index contributed by atoms with van der Waals surface area (Å²) in [4.78, 5) is 26.7. The number of amides is 2. The maximum atomic E-state index is 12.8. The van der Waals surface area contributed by atoms with Gasteiger partial charge in [0, 0.05) is 26.2 Å². The average Bonchev–Trinajstić information content (AvgIpc) is 2.65. The van der Waals surface area contributed by atoms with E-state index in [-0.39, 0.29) is 30.1 Å². The number of halogens is 2. The van der Waals surface area contributed by atoms with Crippen LogP contribution in [0.5, 0.6) is 5.75 Å². The number of nitrogens with one attached hydrogen (secondary N) is 1. The Hall–Kier alpha value is -1.50. The van der Waals surface area contributed by atoms with E-state index in [9.17, 15) is 9.59 Å². The molecule has 146 valence electrons. The highest BCUT2D eigenvalue weighted by Crippen LogP contribution is 2.26. The molecule has 6 nitrogen and oxygen atoms in total. The van der Waals surface area contributed by atoms with Crippen molar-refractivity contribution in [2.24, 2.45) is 11.7 Å². The normalized spacial score (nSPS) is 17.8. The van der Waals surface area contributed by atoms with E-state index in [4.69, 9.17) is 22.1 Å². The molecule has 1 heterocycles. The number of likely N-dealkylation sites (tertiary alicyclic amines) is 1. The second-order valence-electron chi connectivity index (χ2n) is 6.15. The maximum absolute atomic E-state index is 12.8. The van der Waals surface area contributed by atoms with Gasteiger partial charge >= 0.3 is 0 Å². The number of ether oxygens (including phenoxy) is 1. The van der Waals surface area contributed by atoms with Crippen molar-refractivity contribution >= 4 is 35.8 Å². The fourth-order valence-corrected chi connectivity index (χ4v) is 3.12. The van der Waals surface area contributed by atoms with Crippen LogP contribution in [0.15, 0.2) is 24.3 Å². The van der Waals surface area contributed by atoms with Gasteiger partial charge in [-0.1, -0.05) is 30.7 Å². The predicted octanol–water partition coefficient (Wildman–Crippen LogP) is 2.23. The van der Waals surface area contributed by atoms with Crippen LogP contribution in [-0.4, -0.2) is 49.0 Å². The van der Waals surface area contributed by atoms with Gasteiger partial charge in [0.25, 0.3) is 5.91 Å². The van der Waals surface area contributed by atoms with Crippen LogP contribution in [-0.2, 0) is 9.59 Å². The Morgan fingerprint density at radius 2 is 2.15 bits per heavy atom. The number of rotatable bonds is 7. The van der Waals surface area contributed by atoms with E-state index in [0.717, 1.165) is 12.8 Å². The van der Waals surface area contributed by atoms with Crippen molar-refractivity contribution in [2.45, 2.75) is 32.3 Å². The van der Waals surface area contributed by atoms with Crippen LogP contribution in [0.1, 0.15) is 26.2 Å². The quantitative estimate of drug-likeness (QED) is 0.730. The topological polar surface area (TPSA) is 84.7 Å².